The second-order valence-corrected chi connectivity index (χ2v) is 41.0. The van der Waals surface area contributed by atoms with E-state index in [1.807, 2.05) is 141 Å². The van der Waals surface area contributed by atoms with Crippen molar-refractivity contribution in [2.24, 2.45) is 35.2 Å². The molecule has 150 heavy (non-hydrogen) atoms. The zero-order valence-corrected chi connectivity index (χ0v) is 89.3. The average Bonchev–Trinajstić information content (AvgIpc) is 1.58. The van der Waals surface area contributed by atoms with Crippen LogP contribution in [0.2, 0.25) is 0 Å². The van der Waals surface area contributed by atoms with Crippen molar-refractivity contribution in [3.05, 3.63) is 422 Å². The average molecular weight is 1960 g/mol. The summed E-state index contributed by atoms with van der Waals surface area (Å²) in [6, 6.07) is 95.4. The lowest BCUT2D eigenvalue weighted by molar-refractivity contribution is -0.660. The topological polar surface area (TPSA) is 126 Å². The summed E-state index contributed by atoms with van der Waals surface area (Å²) in [5, 5.41) is 20.0. The number of nitrogens with zero attached hydrogens (tertiary/aromatic N) is 10. The first kappa shape index (κ1) is 101. The molecule has 0 fully saturated rings. The van der Waals surface area contributed by atoms with Gasteiger partial charge in [0.2, 0.25) is 28.5 Å². The van der Waals surface area contributed by atoms with Crippen LogP contribution >= 0.6 is 0 Å². The lowest BCUT2D eigenvalue weighted by Crippen LogP contribution is -2.30. The molecule has 0 aliphatic heterocycles. The highest BCUT2D eigenvalue weighted by Gasteiger charge is 2.34. The maximum absolute atomic E-state index is 9.62. The van der Waals surface area contributed by atoms with Gasteiger partial charge in [-0.25, -0.2) is 42.2 Å². The molecule has 15 nitrogen and oxygen atoms in total. The number of fused-ring (bicyclic) bond motifs is 15. The van der Waals surface area contributed by atoms with E-state index in [4.69, 9.17) is 48.4 Å². The highest BCUT2D eigenvalue weighted by molar-refractivity contribution is 6.22. The molecule has 23 aromatic rings. The third kappa shape index (κ3) is 18.1. The quantitative estimate of drug-likeness (QED) is 0.0836. The molecule has 13 aromatic carbocycles. The van der Waals surface area contributed by atoms with Crippen LogP contribution in [0.1, 0.15) is 171 Å². The van der Waals surface area contributed by atoms with E-state index in [1.165, 1.54) is 11.1 Å². The van der Waals surface area contributed by atoms with E-state index in [0.717, 1.165) is 255 Å². The number of hydrogen-bond acceptors (Lipinski definition) is 6. The van der Waals surface area contributed by atoms with Gasteiger partial charge in [-0.1, -0.05) is 203 Å². The minimum Gasteiger partial charge on any atom is -0.455 e. The Morgan fingerprint density at radius 1 is 0.253 bits per heavy atom. The molecule has 0 N–H and O–H groups in total. The predicted molar refractivity (Wildman–Crippen MR) is 611 cm³/mol. The van der Waals surface area contributed by atoms with Crippen LogP contribution in [0.25, 0.3) is 219 Å². The van der Waals surface area contributed by atoms with Gasteiger partial charge in [0, 0.05) is 115 Å². The molecule has 0 bridgehead atoms. The molecule has 0 spiro atoms. The molecular formula is C135H121N10O5+5. The second kappa shape index (κ2) is 41.5. The molecule has 0 radical (unpaired) electrons. The van der Waals surface area contributed by atoms with Gasteiger partial charge in [-0.2, -0.15) is 5.26 Å². The first-order chi connectivity index (χ1) is 72.4. The summed E-state index contributed by atoms with van der Waals surface area (Å²) >= 11 is 0. The Morgan fingerprint density at radius 3 is 1.02 bits per heavy atom. The molecule has 0 saturated heterocycles. The maximum atomic E-state index is 9.62. The van der Waals surface area contributed by atoms with Gasteiger partial charge < -0.3 is 22.1 Å². The van der Waals surface area contributed by atoms with Gasteiger partial charge >= 0.3 is 0 Å². The Balaban J connectivity index is 0.000000118. The van der Waals surface area contributed by atoms with Crippen LogP contribution in [-0.4, -0.2) is 0 Å². The van der Waals surface area contributed by atoms with Crippen molar-refractivity contribution in [1.82, 2.24) is 0 Å². The molecule has 736 valence electrons. The van der Waals surface area contributed by atoms with Gasteiger partial charge in [0.15, 0.2) is 53.7 Å². The number of aryl methyl sites for hydroxylation is 12. The van der Waals surface area contributed by atoms with E-state index < -0.39 is 0 Å². The zero-order valence-electron chi connectivity index (χ0n) is 89.3. The minimum atomic E-state index is 0.201. The molecule has 0 aliphatic carbocycles. The van der Waals surface area contributed by atoms with E-state index in [-0.39, 0.29) is 23.7 Å². The fraction of sp³-hybridized carbons (Fsp3) is 0.200. The van der Waals surface area contributed by atoms with Gasteiger partial charge in [-0.15, -0.1) is 0 Å². The first-order valence-electron chi connectivity index (χ1n) is 51.3. The van der Waals surface area contributed by atoms with Crippen LogP contribution in [0.4, 0.5) is 22.7 Å². The first-order valence-corrected chi connectivity index (χ1v) is 51.3. The van der Waals surface area contributed by atoms with Crippen LogP contribution < -0.4 is 22.8 Å². The molecule has 10 aromatic heterocycles. The van der Waals surface area contributed by atoms with Crippen molar-refractivity contribution in [2.75, 3.05) is 0 Å². The number of benzene rings is 13. The van der Waals surface area contributed by atoms with Gasteiger partial charge in [0.1, 0.15) is 91.1 Å². The fourth-order valence-electron chi connectivity index (χ4n) is 21.8. The van der Waals surface area contributed by atoms with Crippen molar-refractivity contribution >= 4 is 132 Å². The Kier molecular flexibility index (Phi) is 27.9. The number of aromatic nitrogens is 5. The molecule has 15 heteroatoms. The number of rotatable bonds is 13. The van der Waals surface area contributed by atoms with Crippen LogP contribution in [0.5, 0.6) is 0 Å². The Hall–Kier alpha value is -17.9. The lowest BCUT2D eigenvalue weighted by Gasteiger charge is -2.16. The largest absolute Gasteiger partial charge is 0.455 e. The number of pyridine rings is 5. The summed E-state index contributed by atoms with van der Waals surface area (Å²) in [5.74, 6) is 1.32. The minimum absolute atomic E-state index is 0.201. The second-order valence-electron chi connectivity index (χ2n) is 41.0. The molecule has 0 amide bonds. The highest BCUT2D eigenvalue weighted by Crippen LogP contribution is 2.54. The van der Waals surface area contributed by atoms with Gasteiger partial charge in [0.25, 0.3) is 0 Å². The summed E-state index contributed by atoms with van der Waals surface area (Å²) < 4.78 is 43.8. The van der Waals surface area contributed by atoms with Crippen molar-refractivity contribution < 1.29 is 44.9 Å². The molecule has 0 unspecified atom stereocenters. The smallest absolute Gasteiger partial charge is 0.216 e. The molecule has 0 aliphatic rings. The van der Waals surface area contributed by atoms with Crippen molar-refractivity contribution in [3.63, 3.8) is 0 Å². The third-order valence-corrected chi connectivity index (χ3v) is 29.5. The fourth-order valence-corrected chi connectivity index (χ4v) is 21.8. The summed E-state index contributed by atoms with van der Waals surface area (Å²) in [6.07, 6.45) is 10.3. The van der Waals surface area contributed by atoms with E-state index >= 15 is 0 Å². The number of nitriles is 1. The molecule has 23 rings (SSSR count). The van der Waals surface area contributed by atoms with E-state index in [9.17, 15) is 5.26 Å². The van der Waals surface area contributed by atoms with Gasteiger partial charge in [-0.3, -0.25) is 0 Å². The molecular weight excluding hydrogens is 1840 g/mol. The third-order valence-electron chi connectivity index (χ3n) is 29.5. The Morgan fingerprint density at radius 2 is 0.607 bits per heavy atom. The number of furan rings is 5. The van der Waals surface area contributed by atoms with E-state index in [0.29, 0.717) is 34.2 Å². The van der Waals surface area contributed by atoms with Crippen molar-refractivity contribution in [1.29, 1.82) is 5.26 Å². The Labute approximate surface area is 877 Å². The summed E-state index contributed by atoms with van der Waals surface area (Å²) in [5.41, 5.74) is 43.1. The normalized spacial score (nSPS) is 11.4. The van der Waals surface area contributed by atoms with Crippen LogP contribution in [0, 0.1) is 86.1 Å². The Bertz CT molecular complexity index is 9570. The lowest BCUT2D eigenvalue weighted by atomic mass is 9.89. The van der Waals surface area contributed by atoms with Crippen LogP contribution in [-0.2, 0) is 35.2 Å². The molecule has 0 atom stereocenters. The van der Waals surface area contributed by atoms with Gasteiger partial charge in [0.05, 0.1) is 65.7 Å². The van der Waals surface area contributed by atoms with Crippen LogP contribution in [0.15, 0.2) is 326 Å². The van der Waals surface area contributed by atoms with E-state index in [1.54, 1.807) is 0 Å². The highest BCUT2D eigenvalue weighted by atomic mass is 16.3. The summed E-state index contributed by atoms with van der Waals surface area (Å²) in [7, 11) is 10.3. The molecule has 10 heterocycles. The monoisotopic (exact) mass is 1960 g/mol. The standard InChI is InChI=1S/3C29H25N2O.C26H27N2O.C22H19N2O/c1-18(2)25-27(20-11-7-6-8-12-20)23(30-4)17-22-21-15-14-19(3)26(28(21)32-29(22)25)24-13-9-10-16-31(24)5;1-18(2)22-17-23(30-4)26(20-11-7-6-8-12-20)27-21-15-14-19(3)25(28(21)32-29(22)27)24-13-9-10-16-31(24)5;1-18(2)22-16-21(30-4)17-24-27-23(20-11-7-6-8-12-20)15-19(3)26(29(27)32-28(22)24)25-13-9-10-14-31(25)5;1-15(2)19-12-17(5)23(22-10-8-9-11-28(22)7)26-24(19)21-14-18(27-6)13-20(16(3)4)25(21)29-26;1-13-8-9-17-20-16(12-23)11-14(2)15(3)21(20)25-22(17)19(13)18-7-5-6-10-24(18)4/h3*6-18H,1-3,5H3;8-16H,1-5,7H3;5-11H,1-4H3/q5*+1. The van der Waals surface area contributed by atoms with E-state index in [2.05, 4.69) is 364 Å². The van der Waals surface area contributed by atoms with Crippen LogP contribution in [0.3, 0.4) is 0 Å². The predicted octanol–water partition coefficient (Wildman–Crippen LogP) is 35.2. The zero-order chi connectivity index (χ0) is 106. The maximum Gasteiger partial charge on any atom is 0.216 e. The summed E-state index contributed by atoms with van der Waals surface area (Å²) in [6.45, 7) is 67.6. The SMILES string of the molecule is Cc1ccc2c(oc3c(C)c(C)cc(C#N)c32)c1-c1cccc[n+]1C.[C-]#[N+]c1cc(C(C)C)c2oc3c(-c4cccc[n+]4C)c(C)cc(-c4ccccc4)c3c2c1.[C-]#[N+]c1cc(C(C)C)c2oc3c(-c4cccc[n+]4C)c(C)cc(C(C)C)c3c2c1.[C-]#[N+]c1cc(C(C)C)c2oc3c(-c4cccc[n+]4C)c(C)ccc3c2c1-c1ccccc1.[C-]#[N+]c1cc2c(oc3c(-c4cccc[n+]4C)c(C)ccc32)c(C(C)C)c1-c1ccccc1. The van der Waals surface area contributed by atoms with Crippen molar-refractivity contribution in [2.45, 2.75) is 147 Å². The number of hydrogen-bond donors (Lipinski definition) is 0. The molecule has 0 saturated carbocycles. The van der Waals surface area contributed by atoms with Gasteiger partial charge in [-0.05, 0) is 257 Å². The summed E-state index contributed by atoms with van der Waals surface area (Å²) in [4.78, 5) is 15.4. The van der Waals surface area contributed by atoms with Crippen molar-refractivity contribution in [3.8, 4) is 95.7 Å².